The molecule has 0 radical (unpaired) electrons. The van der Waals surface area contributed by atoms with E-state index in [1.54, 1.807) is 0 Å². The Morgan fingerprint density at radius 2 is 2.05 bits per heavy atom. The lowest BCUT2D eigenvalue weighted by molar-refractivity contribution is 0.169. The number of aromatic nitrogens is 1. The molecule has 0 amide bonds. The Morgan fingerprint density at radius 1 is 1.32 bits per heavy atom. The van der Waals surface area contributed by atoms with Crippen LogP contribution in [-0.4, -0.2) is 4.98 Å². The van der Waals surface area contributed by atoms with E-state index in [0.717, 1.165) is 26.5 Å². The van der Waals surface area contributed by atoms with Gasteiger partial charge in [0.1, 0.15) is 0 Å². The molecule has 1 saturated carbocycles. The number of hydrazine groups is 1. The Balaban J connectivity index is 2.20. The van der Waals surface area contributed by atoms with Crippen molar-refractivity contribution in [3.63, 3.8) is 0 Å². The van der Waals surface area contributed by atoms with Crippen molar-refractivity contribution in [1.29, 1.82) is 0 Å². The Bertz CT molecular complexity index is 439. The third-order valence-electron chi connectivity index (χ3n) is 4.42. The van der Waals surface area contributed by atoms with E-state index in [1.807, 2.05) is 12.3 Å². The van der Waals surface area contributed by atoms with Crippen molar-refractivity contribution in [2.24, 2.45) is 23.6 Å². The van der Waals surface area contributed by atoms with Crippen LogP contribution < -0.4 is 11.3 Å². The lowest BCUT2D eigenvalue weighted by Gasteiger charge is -2.36. The first-order chi connectivity index (χ1) is 9.02. The van der Waals surface area contributed by atoms with Crippen LogP contribution in [0.5, 0.6) is 0 Å². The zero-order valence-electron chi connectivity index (χ0n) is 11.4. The third kappa shape index (κ3) is 3.57. The molecule has 0 spiro atoms. The average molecular weight is 391 g/mol. The molecule has 0 saturated heterocycles. The molecule has 2 rings (SSSR count). The summed E-state index contributed by atoms with van der Waals surface area (Å²) in [5.41, 5.74) is 3.99. The van der Waals surface area contributed by atoms with Crippen LogP contribution in [0.3, 0.4) is 0 Å². The van der Waals surface area contributed by atoms with Crippen LogP contribution in [0.15, 0.2) is 21.2 Å². The molecule has 5 heteroatoms. The van der Waals surface area contributed by atoms with E-state index in [2.05, 4.69) is 56.1 Å². The summed E-state index contributed by atoms with van der Waals surface area (Å²) in [5.74, 6) is 7.93. The zero-order valence-corrected chi connectivity index (χ0v) is 14.5. The summed E-state index contributed by atoms with van der Waals surface area (Å²) < 4.78 is 1.99. The fourth-order valence-electron chi connectivity index (χ4n) is 2.98. The minimum Gasteiger partial charge on any atom is -0.271 e. The summed E-state index contributed by atoms with van der Waals surface area (Å²) in [6.07, 6.45) is 5.53. The van der Waals surface area contributed by atoms with Crippen molar-refractivity contribution < 1.29 is 0 Å². The molecule has 19 heavy (non-hydrogen) atoms. The first-order valence-corrected chi connectivity index (χ1v) is 8.38. The Hall–Kier alpha value is 0.0300. The molecule has 1 fully saturated rings. The maximum atomic E-state index is 5.80. The Labute approximate surface area is 132 Å². The SMILES string of the molecule is CC1CCC(C(NN)c2ncc(Br)cc2Br)CC1C. The van der Waals surface area contributed by atoms with Crippen molar-refractivity contribution in [3.05, 3.63) is 26.9 Å². The third-order valence-corrected chi connectivity index (χ3v) is 5.49. The van der Waals surface area contributed by atoms with Crippen LogP contribution >= 0.6 is 31.9 Å². The van der Waals surface area contributed by atoms with E-state index in [-0.39, 0.29) is 6.04 Å². The Morgan fingerprint density at radius 3 is 2.63 bits per heavy atom. The predicted molar refractivity (Wildman–Crippen MR) is 85.4 cm³/mol. The van der Waals surface area contributed by atoms with E-state index in [1.165, 1.54) is 19.3 Å². The van der Waals surface area contributed by atoms with Crippen LogP contribution in [0.1, 0.15) is 44.8 Å². The van der Waals surface area contributed by atoms with Gasteiger partial charge in [-0.3, -0.25) is 16.3 Å². The first kappa shape index (κ1) is 15.4. The summed E-state index contributed by atoms with van der Waals surface area (Å²) in [6.45, 7) is 4.69. The topological polar surface area (TPSA) is 50.9 Å². The summed E-state index contributed by atoms with van der Waals surface area (Å²) in [7, 11) is 0. The van der Waals surface area contributed by atoms with Crippen LogP contribution in [0.4, 0.5) is 0 Å². The van der Waals surface area contributed by atoms with Crippen molar-refractivity contribution in [1.82, 2.24) is 10.4 Å². The van der Waals surface area contributed by atoms with E-state index in [0.29, 0.717) is 5.92 Å². The van der Waals surface area contributed by atoms with E-state index < -0.39 is 0 Å². The molecule has 1 heterocycles. The van der Waals surface area contributed by atoms with Crippen LogP contribution in [0.25, 0.3) is 0 Å². The van der Waals surface area contributed by atoms with Crippen LogP contribution in [0, 0.1) is 17.8 Å². The number of rotatable bonds is 3. The molecule has 1 aliphatic rings. The molecule has 1 aromatic heterocycles. The minimum absolute atomic E-state index is 0.123. The van der Waals surface area contributed by atoms with Crippen molar-refractivity contribution in [2.75, 3.05) is 0 Å². The van der Waals surface area contributed by atoms with Crippen molar-refractivity contribution in [2.45, 2.75) is 39.2 Å². The van der Waals surface area contributed by atoms with Gasteiger partial charge in [-0.1, -0.05) is 20.3 Å². The van der Waals surface area contributed by atoms with Crippen LogP contribution in [0.2, 0.25) is 0 Å². The quantitative estimate of drug-likeness (QED) is 0.601. The van der Waals surface area contributed by atoms with E-state index >= 15 is 0 Å². The molecule has 4 unspecified atom stereocenters. The molecule has 4 atom stereocenters. The summed E-state index contributed by atoms with van der Waals surface area (Å²) in [6, 6.07) is 2.15. The highest BCUT2D eigenvalue weighted by Crippen LogP contribution is 2.40. The van der Waals surface area contributed by atoms with E-state index in [9.17, 15) is 0 Å². The zero-order chi connectivity index (χ0) is 14.0. The number of halogens is 2. The second-order valence-corrected chi connectivity index (χ2v) is 7.46. The number of nitrogens with two attached hydrogens (primary N) is 1. The number of nitrogens with one attached hydrogen (secondary N) is 1. The Kier molecular flexibility index (Phi) is 5.40. The number of nitrogens with zero attached hydrogens (tertiary/aromatic N) is 1. The van der Waals surface area contributed by atoms with Crippen molar-refractivity contribution >= 4 is 31.9 Å². The molecular formula is C14H21Br2N3. The molecule has 106 valence electrons. The molecule has 1 aromatic rings. The monoisotopic (exact) mass is 389 g/mol. The van der Waals surface area contributed by atoms with Gasteiger partial charge in [0.15, 0.2) is 0 Å². The second-order valence-electron chi connectivity index (χ2n) is 5.69. The average Bonchev–Trinajstić information content (AvgIpc) is 2.37. The lowest BCUT2D eigenvalue weighted by Crippen LogP contribution is -2.37. The summed E-state index contributed by atoms with van der Waals surface area (Å²) in [4.78, 5) is 4.53. The molecule has 3 N–H and O–H groups in total. The highest BCUT2D eigenvalue weighted by Gasteiger charge is 2.32. The molecule has 0 bridgehead atoms. The first-order valence-electron chi connectivity index (χ1n) is 6.80. The van der Waals surface area contributed by atoms with Gasteiger partial charge >= 0.3 is 0 Å². The molecule has 1 aliphatic carbocycles. The van der Waals surface area contributed by atoms with Gasteiger partial charge in [0.2, 0.25) is 0 Å². The molecular weight excluding hydrogens is 370 g/mol. The number of hydrogen-bond donors (Lipinski definition) is 2. The smallest absolute Gasteiger partial charge is 0.0732 e. The van der Waals surface area contributed by atoms with Gasteiger partial charge in [0, 0.05) is 15.1 Å². The second kappa shape index (κ2) is 6.66. The highest BCUT2D eigenvalue weighted by molar-refractivity contribution is 9.11. The molecule has 0 aliphatic heterocycles. The van der Waals surface area contributed by atoms with Gasteiger partial charge in [-0.25, -0.2) is 0 Å². The normalized spacial score (nSPS) is 29.2. The fourth-order valence-corrected chi connectivity index (χ4v) is 4.22. The largest absolute Gasteiger partial charge is 0.271 e. The minimum atomic E-state index is 0.123. The van der Waals surface area contributed by atoms with Crippen LogP contribution in [-0.2, 0) is 0 Å². The van der Waals surface area contributed by atoms with E-state index in [4.69, 9.17) is 5.84 Å². The molecule has 0 aromatic carbocycles. The summed E-state index contributed by atoms with van der Waals surface area (Å²) >= 11 is 7.03. The lowest BCUT2D eigenvalue weighted by atomic mass is 9.73. The van der Waals surface area contributed by atoms with Gasteiger partial charge in [-0.15, -0.1) is 0 Å². The summed E-state index contributed by atoms with van der Waals surface area (Å²) in [5, 5.41) is 0. The van der Waals surface area contributed by atoms with Crippen molar-refractivity contribution in [3.8, 4) is 0 Å². The maximum Gasteiger partial charge on any atom is 0.0732 e. The number of hydrogen-bond acceptors (Lipinski definition) is 3. The number of pyridine rings is 1. The predicted octanol–water partition coefficient (Wildman–Crippen LogP) is 4.18. The maximum absolute atomic E-state index is 5.80. The van der Waals surface area contributed by atoms with Gasteiger partial charge < -0.3 is 0 Å². The highest BCUT2D eigenvalue weighted by atomic mass is 79.9. The molecule has 3 nitrogen and oxygen atoms in total. The van der Waals surface area contributed by atoms with Gasteiger partial charge in [-0.05, 0) is 68.5 Å². The van der Waals surface area contributed by atoms with Gasteiger partial charge in [0.25, 0.3) is 0 Å². The fraction of sp³-hybridized carbons (Fsp3) is 0.643. The van der Waals surface area contributed by atoms with Gasteiger partial charge in [-0.2, -0.15) is 0 Å². The van der Waals surface area contributed by atoms with Gasteiger partial charge in [0.05, 0.1) is 11.7 Å². The standard InChI is InChI=1S/C14H21Br2N3/c1-8-3-4-10(5-9(8)2)13(19-17)14-12(16)6-11(15)7-18-14/h6-10,13,19H,3-5,17H2,1-2H3.